The van der Waals surface area contributed by atoms with Gasteiger partial charge in [-0.15, -0.1) is 11.6 Å². The molecular weight excluding hydrogens is 136 g/mol. The number of hydrogen-bond acceptors (Lipinski definition) is 2. The molecule has 0 atom stereocenters. The lowest BCUT2D eigenvalue weighted by Gasteiger charge is -1.92. The van der Waals surface area contributed by atoms with Crippen molar-refractivity contribution in [1.29, 1.82) is 0 Å². The molecule has 0 bridgehead atoms. The van der Waals surface area contributed by atoms with Crippen LogP contribution in [0.5, 0.6) is 0 Å². The van der Waals surface area contributed by atoms with E-state index in [0.717, 1.165) is 11.4 Å². The van der Waals surface area contributed by atoms with Crippen molar-refractivity contribution in [3.63, 3.8) is 0 Å². The summed E-state index contributed by atoms with van der Waals surface area (Å²) in [5.74, 6) is 0.422. The summed E-state index contributed by atoms with van der Waals surface area (Å²) in [5, 5.41) is 0. The summed E-state index contributed by atoms with van der Waals surface area (Å²) in [6.07, 6.45) is 1.76. The molecule has 0 heterocycles. The Morgan fingerprint density at radius 2 is 2.33 bits per heavy atom. The summed E-state index contributed by atoms with van der Waals surface area (Å²) in [6.45, 7) is 1.80. The summed E-state index contributed by atoms with van der Waals surface area (Å²) >= 11 is 5.48. The number of rotatable bonds is 2. The van der Waals surface area contributed by atoms with Crippen molar-refractivity contribution in [1.82, 2.24) is 0 Å². The molecule has 2 N–H and O–H groups in total. The lowest BCUT2D eigenvalue weighted by molar-refractivity contribution is 1.31. The lowest BCUT2D eigenvalue weighted by atomic mass is 10.3. The van der Waals surface area contributed by atoms with Gasteiger partial charge in [0.25, 0.3) is 0 Å². The first-order valence-corrected chi connectivity index (χ1v) is 3.19. The second-order valence-corrected chi connectivity index (χ2v) is 2.00. The van der Waals surface area contributed by atoms with E-state index in [9.17, 15) is 0 Å². The summed E-state index contributed by atoms with van der Waals surface area (Å²) in [5.41, 5.74) is 6.92. The fourth-order valence-electron chi connectivity index (χ4n) is 0.426. The molecule has 0 saturated carbocycles. The Morgan fingerprint density at radius 1 is 1.78 bits per heavy atom. The molecule has 0 aliphatic rings. The third kappa shape index (κ3) is 4.03. The van der Waals surface area contributed by atoms with E-state index in [0.29, 0.717) is 5.88 Å². The van der Waals surface area contributed by atoms with E-state index in [1.807, 2.05) is 0 Å². The molecule has 0 aromatic rings. The third-order valence-corrected chi connectivity index (χ3v) is 1.09. The largest absolute Gasteiger partial charge is 0.402 e. The van der Waals surface area contributed by atoms with Crippen molar-refractivity contribution in [3.05, 3.63) is 11.8 Å². The summed E-state index contributed by atoms with van der Waals surface area (Å²) in [7, 11) is 1.69. The van der Waals surface area contributed by atoms with Gasteiger partial charge in [0, 0.05) is 12.7 Å². The van der Waals surface area contributed by atoms with Crippen LogP contribution in [0.1, 0.15) is 6.92 Å². The fraction of sp³-hybridized carbons (Fsp3) is 0.500. The van der Waals surface area contributed by atoms with Gasteiger partial charge in [-0.1, -0.05) is 0 Å². The number of alkyl halides is 1. The van der Waals surface area contributed by atoms with Gasteiger partial charge in [0.2, 0.25) is 0 Å². The highest BCUT2D eigenvalue weighted by atomic mass is 35.5. The molecule has 0 saturated heterocycles. The van der Waals surface area contributed by atoms with Gasteiger partial charge in [-0.05, 0) is 13.0 Å². The highest BCUT2D eigenvalue weighted by Gasteiger charge is 1.88. The van der Waals surface area contributed by atoms with Crippen LogP contribution in [0.4, 0.5) is 0 Å². The molecule has 0 aliphatic carbocycles. The van der Waals surface area contributed by atoms with Crippen molar-refractivity contribution >= 4 is 17.3 Å². The maximum absolute atomic E-state index is 5.48. The minimum absolute atomic E-state index is 0.422. The number of hydrogen-bond donors (Lipinski definition) is 1. The highest BCUT2D eigenvalue weighted by Crippen LogP contribution is 1.88. The maximum atomic E-state index is 5.48. The van der Waals surface area contributed by atoms with Crippen molar-refractivity contribution in [3.8, 4) is 0 Å². The predicted octanol–water partition coefficient (Wildman–Crippen LogP) is 1.16. The molecule has 0 aromatic heterocycles. The van der Waals surface area contributed by atoms with Crippen LogP contribution in [-0.4, -0.2) is 18.6 Å². The number of nitrogens with zero attached hydrogens (tertiary/aromatic N) is 1. The normalized spacial score (nSPS) is 14.1. The van der Waals surface area contributed by atoms with Gasteiger partial charge < -0.3 is 5.73 Å². The van der Waals surface area contributed by atoms with Crippen molar-refractivity contribution in [2.75, 3.05) is 12.9 Å². The Morgan fingerprint density at radius 3 is 2.44 bits per heavy atom. The van der Waals surface area contributed by atoms with E-state index in [2.05, 4.69) is 4.99 Å². The van der Waals surface area contributed by atoms with Crippen LogP contribution in [0, 0.1) is 0 Å². The molecule has 2 nitrogen and oxygen atoms in total. The van der Waals surface area contributed by atoms with Gasteiger partial charge in [0.1, 0.15) is 0 Å². The molecule has 0 unspecified atom stereocenters. The van der Waals surface area contributed by atoms with Gasteiger partial charge in [0.15, 0.2) is 0 Å². The fourth-order valence-corrected chi connectivity index (χ4v) is 0.622. The number of nitrogens with two attached hydrogens (primary N) is 1. The maximum Gasteiger partial charge on any atom is 0.0643 e. The van der Waals surface area contributed by atoms with E-state index in [4.69, 9.17) is 17.3 Å². The Labute approximate surface area is 60.4 Å². The van der Waals surface area contributed by atoms with Crippen molar-refractivity contribution < 1.29 is 0 Å². The Hall–Kier alpha value is -0.500. The quantitative estimate of drug-likeness (QED) is 0.461. The zero-order valence-corrected chi connectivity index (χ0v) is 6.44. The molecule has 0 radical (unpaired) electrons. The van der Waals surface area contributed by atoms with Crippen LogP contribution in [0.3, 0.4) is 0 Å². The van der Waals surface area contributed by atoms with Crippen LogP contribution < -0.4 is 5.73 Å². The van der Waals surface area contributed by atoms with Gasteiger partial charge in [-0.2, -0.15) is 0 Å². The SMILES string of the molecule is CN=C(C=C(C)N)CCl. The zero-order valence-electron chi connectivity index (χ0n) is 5.69. The molecular formula is C6H11ClN2. The first-order chi connectivity index (χ1) is 4.20. The molecule has 3 heteroatoms. The molecule has 0 aromatic carbocycles. The minimum atomic E-state index is 0.422. The summed E-state index contributed by atoms with van der Waals surface area (Å²) < 4.78 is 0. The Kier molecular flexibility index (Phi) is 4.14. The second-order valence-electron chi connectivity index (χ2n) is 1.74. The van der Waals surface area contributed by atoms with Gasteiger partial charge in [-0.25, -0.2) is 0 Å². The molecule has 0 rings (SSSR count). The molecule has 0 amide bonds. The standard InChI is InChI=1S/C6H11ClN2/c1-5(8)3-6(4-7)9-2/h3H,4,8H2,1-2H3. The molecule has 52 valence electrons. The lowest BCUT2D eigenvalue weighted by Crippen LogP contribution is -2.00. The number of aliphatic imine (C=N–C) groups is 1. The third-order valence-electron chi connectivity index (χ3n) is 0.818. The minimum Gasteiger partial charge on any atom is -0.402 e. The van der Waals surface area contributed by atoms with Gasteiger partial charge in [0.05, 0.1) is 11.6 Å². The highest BCUT2D eigenvalue weighted by molar-refractivity contribution is 6.30. The van der Waals surface area contributed by atoms with Crippen molar-refractivity contribution in [2.24, 2.45) is 10.7 Å². The number of allylic oxidation sites excluding steroid dienone is 2. The van der Waals surface area contributed by atoms with Crippen LogP contribution in [-0.2, 0) is 0 Å². The Bertz CT molecular complexity index is 134. The van der Waals surface area contributed by atoms with Crippen LogP contribution in [0.25, 0.3) is 0 Å². The van der Waals surface area contributed by atoms with Crippen LogP contribution in [0.15, 0.2) is 16.8 Å². The first-order valence-electron chi connectivity index (χ1n) is 2.66. The molecule has 0 spiro atoms. The predicted molar refractivity (Wildman–Crippen MR) is 42.0 cm³/mol. The smallest absolute Gasteiger partial charge is 0.0643 e. The van der Waals surface area contributed by atoms with Crippen LogP contribution >= 0.6 is 11.6 Å². The van der Waals surface area contributed by atoms with Crippen molar-refractivity contribution in [2.45, 2.75) is 6.92 Å². The number of halogens is 1. The zero-order chi connectivity index (χ0) is 7.28. The van der Waals surface area contributed by atoms with E-state index in [-0.39, 0.29) is 0 Å². The second kappa shape index (κ2) is 4.39. The average molecular weight is 147 g/mol. The topological polar surface area (TPSA) is 38.4 Å². The molecule has 0 aliphatic heterocycles. The van der Waals surface area contributed by atoms with Gasteiger partial charge >= 0.3 is 0 Å². The molecule has 0 fully saturated rings. The molecule has 9 heavy (non-hydrogen) atoms. The van der Waals surface area contributed by atoms with E-state index >= 15 is 0 Å². The van der Waals surface area contributed by atoms with E-state index in [1.165, 1.54) is 0 Å². The van der Waals surface area contributed by atoms with Gasteiger partial charge in [-0.3, -0.25) is 4.99 Å². The van der Waals surface area contributed by atoms with E-state index < -0.39 is 0 Å². The monoisotopic (exact) mass is 146 g/mol. The average Bonchev–Trinajstić information content (AvgIpc) is 1.82. The van der Waals surface area contributed by atoms with E-state index in [1.54, 1.807) is 20.0 Å². The summed E-state index contributed by atoms with van der Waals surface area (Å²) in [6, 6.07) is 0. The summed E-state index contributed by atoms with van der Waals surface area (Å²) in [4.78, 5) is 3.88. The van der Waals surface area contributed by atoms with Crippen LogP contribution in [0.2, 0.25) is 0 Å². The Balaban J connectivity index is 4.01. The first kappa shape index (κ1) is 8.50.